The predicted molar refractivity (Wildman–Crippen MR) is 627 cm³/mol. The maximum absolute atomic E-state index is 8.59. The van der Waals surface area contributed by atoms with E-state index in [0.717, 1.165) is 126 Å². The van der Waals surface area contributed by atoms with Gasteiger partial charge in [0.1, 0.15) is 44.7 Å². The highest BCUT2D eigenvalue weighted by Crippen LogP contribution is 2.53. The van der Waals surface area contributed by atoms with E-state index < -0.39 is 6.04 Å². The number of rotatable bonds is 5. The van der Waals surface area contributed by atoms with Gasteiger partial charge in [-0.05, 0) is 232 Å². The SMILES string of the molecule is CC1(C)c2ccccc2-c2ccc(-n3c4ccccc4c4cc5c(ccc6c7ccccc7oc56)cc43)cc21.[2H]c1c([2H])c([2H])c(-n2c3ccccc3c3cc4c(ccc5c6ccccc6oc45)cc32)c([2H])c1[2H].c1ccc(-n2c3ccccc3c3cccc(-n4c5ccccc5c5cc6c(ccc7c8ccccc8oc67)cc54)c32)cc1.c1ccc2c(c1)oc1c3cc4c5ccccc5n(-c5ccc6c(c5)sc5ccccc56)c4cc3ccc21. The average molecular weight is 1930 g/mol. The van der Waals surface area contributed by atoms with Gasteiger partial charge in [0.2, 0.25) is 0 Å². The smallest absolute Gasteiger partial charge is 0.143 e. The highest BCUT2D eigenvalue weighted by molar-refractivity contribution is 7.25. The van der Waals surface area contributed by atoms with Gasteiger partial charge in [-0.3, -0.25) is 0 Å². The Bertz CT molecular complexity index is 12100. The van der Waals surface area contributed by atoms with Crippen molar-refractivity contribution in [3.8, 4) is 39.6 Å². The van der Waals surface area contributed by atoms with Crippen LogP contribution in [0, 0.1) is 0 Å². The third-order valence-corrected chi connectivity index (χ3v) is 32.8. The second-order valence-electron chi connectivity index (χ2n) is 39.9. The summed E-state index contributed by atoms with van der Waals surface area (Å²) in [7, 11) is 0. The topological polar surface area (TPSA) is 77.2 Å². The Balaban J connectivity index is 0.0000000901. The fourth-order valence-corrected chi connectivity index (χ4v) is 26.1. The van der Waals surface area contributed by atoms with Gasteiger partial charge in [0, 0.05) is 167 Å². The first-order valence-corrected chi connectivity index (χ1v) is 51.5. The van der Waals surface area contributed by atoms with E-state index >= 15 is 0 Å². The van der Waals surface area contributed by atoms with Crippen LogP contribution in [0.2, 0.25) is 0 Å². The van der Waals surface area contributed by atoms with Gasteiger partial charge in [-0.25, -0.2) is 0 Å². The minimum atomic E-state index is -0.401. The Labute approximate surface area is 861 Å². The molecule has 0 atom stereocenters. The fourth-order valence-electron chi connectivity index (χ4n) is 25.0. The summed E-state index contributed by atoms with van der Waals surface area (Å²) in [5.41, 5.74) is 28.8. The molecule has 10 aromatic heterocycles. The molecular weight excluding hydrogens is 1840 g/mol. The summed E-state index contributed by atoms with van der Waals surface area (Å²) < 4.78 is 81.2. The zero-order chi connectivity index (χ0) is 102. The standard InChI is InChI=1S/C40H24N2O.C37H25NO.C34H19NOS.C28H17NO/c1-2-11-26(12-3-1)41-34-17-7-4-13-27(34)30-16-10-19-36(39(30)41)42-35-18-8-5-14-28(35)33-24-32-25(23-37(33)42)21-22-31-29-15-6-9-20-38(29)43-40(31)32;1-37(2)31-12-6-3-9-24(31)25-18-16-23(20-32(25)37)38-33-13-7-4-10-26(33)30-21-29-22(19-34(30)38)15-17-28-27-11-5-8-14-35(27)39-36(28)29;1-4-10-29-22(7-1)28-19-27-20(13-15-26-23-8-2-5-11-31(23)36-34(26)27)17-30(28)35(29)21-14-16-25-24-9-3-6-12-32(24)37-33(25)18-21;1-2-8-19(9-3-1)29-25-12-6-4-10-20(25)24-17-23-18(16-26(24)29)14-15-22-21-11-5-7-13-27(21)30-28(22)23/h1-24H;3-21H,1-2H3;1-19H;1-17H/i;;;1D,2D,3D,8D,9D. The lowest BCUT2D eigenvalue weighted by atomic mass is 9.82. The van der Waals surface area contributed by atoms with Crippen LogP contribution in [0.3, 0.4) is 0 Å². The van der Waals surface area contributed by atoms with Gasteiger partial charge in [-0.15, -0.1) is 11.3 Å². The molecule has 0 spiro atoms. The van der Waals surface area contributed by atoms with E-state index in [1.807, 2.05) is 90.2 Å². The van der Waals surface area contributed by atoms with Crippen LogP contribution in [0.4, 0.5) is 0 Å². The van der Waals surface area contributed by atoms with Gasteiger partial charge in [0.05, 0.1) is 67.7 Å². The largest absolute Gasteiger partial charge is 0.455 e. The molecule has 0 aliphatic heterocycles. The van der Waals surface area contributed by atoms with Crippen molar-refractivity contribution in [2.45, 2.75) is 19.3 Å². The molecule has 0 saturated heterocycles. The number of benzene rings is 24. The number of thiophene rings is 1. The zero-order valence-corrected chi connectivity index (χ0v) is 81.3. The van der Waals surface area contributed by atoms with E-state index in [1.165, 1.54) is 179 Å². The molecule has 34 aromatic rings. The van der Waals surface area contributed by atoms with Crippen LogP contribution in [0.15, 0.2) is 497 Å². The summed E-state index contributed by atoms with van der Waals surface area (Å²) in [6.07, 6.45) is 0. The number of aromatic nitrogens is 5. The normalized spacial score (nSPS) is 13.2. The summed E-state index contributed by atoms with van der Waals surface area (Å²) in [6.45, 7) is 4.69. The molecule has 10 heteroatoms. The molecule has 1 aliphatic carbocycles. The van der Waals surface area contributed by atoms with Crippen molar-refractivity contribution in [2.24, 2.45) is 0 Å². The Morgan fingerprint density at radius 3 is 1.00 bits per heavy atom. The number of fused-ring (bicyclic) bond motifs is 41. The first-order chi connectivity index (χ1) is 75.7. The maximum atomic E-state index is 8.59. The predicted octanol–water partition coefficient (Wildman–Crippen LogP) is 39.1. The maximum Gasteiger partial charge on any atom is 0.143 e. The Morgan fingerprint density at radius 2 is 0.537 bits per heavy atom. The van der Waals surface area contributed by atoms with Gasteiger partial charge in [0.25, 0.3) is 0 Å². The quantitative estimate of drug-likeness (QED) is 0.172. The van der Waals surface area contributed by atoms with Crippen LogP contribution in [-0.2, 0) is 5.41 Å². The molecule has 9 nitrogen and oxygen atoms in total. The average Bonchev–Trinajstić information content (AvgIpc) is 1.55. The van der Waals surface area contributed by atoms with E-state index in [0.29, 0.717) is 0 Å². The van der Waals surface area contributed by atoms with Gasteiger partial charge in [-0.2, -0.15) is 0 Å². The molecule has 0 radical (unpaired) electrons. The minimum Gasteiger partial charge on any atom is -0.455 e. The summed E-state index contributed by atoms with van der Waals surface area (Å²) in [5, 5.41) is 32.4. The summed E-state index contributed by atoms with van der Waals surface area (Å²) in [4.78, 5) is 0. The van der Waals surface area contributed by atoms with Gasteiger partial charge >= 0.3 is 0 Å². The van der Waals surface area contributed by atoms with Gasteiger partial charge in [0.15, 0.2) is 0 Å². The third-order valence-electron chi connectivity index (χ3n) is 31.7. The summed E-state index contributed by atoms with van der Waals surface area (Å²) in [5.74, 6) is 0. The molecule has 10 heterocycles. The Morgan fingerprint density at radius 1 is 0.201 bits per heavy atom. The monoisotopic (exact) mass is 1920 g/mol. The van der Waals surface area contributed by atoms with E-state index in [1.54, 1.807) is 4.57 Å². The van der Waals surface area contributed by atoms with E-state index in [4.69, 9.17) is 24.5 Å². The number of hydrogen-bond donors (Lipinski definition) is 0. The molecule has 0 unspecified atom stereocenters. The highest BCUT2D eigenvalue weighted by Gasteiger charge is 2.36. The van der Waals surface area contributed by atoms with Crippen molar-refractivity contribution < 1.29 is 24.5 Å². The number of hydrogen-bond acceptors (Lipinski definition) is 5. The molecule has 35 rings (SSSR count). The van der Waals surface area contributed by atoms with Crippen LogP contribution in [0.1, 0.15) is 31.8 Å². The first-order valence-electron chi connectivity index (χ1n) is 53.1. The van der Waals surface area contributed by atoms with Crippen LogP contribution in [-0.4, -0.2) is 22.8 Å². The third kappa shape index (κ3) is 12.3. The molecule has 0 N–H and O–H groups in total. The number of para-hydroxylation sites is 12. The summed E-state index contributed by atoms with van der Waals surface area (Å²) >= 11 is 1.86. The van der Waals surface area contributed by atoms with Crippen molar-refractivity contribution in [2.75, 3.05) is 0 Å². The second-order valence-corrected chi connectivity index (χ2v) is 41.0. The van der Waals surface area contributed by atoms with E-state index in [9.17, 15) is 0 Å². The van der Waals surface area contributed by atoms with E-state index in [-0.39, 0.29) is 35.3 Å². The van der Waals surface area contributed by atoms with Crippen molar-refractivity contribution in [1.29, 1.82) is 0 Å². The van der Waals surface area contributed by atoms with Gasteiger partial charge in [-0.1, -0.05) is 305 Å². The molecule has 0 amide bonds. The molecule has 696 valence electrons. The van der Waals surface area contributed by atoms with Crippen LogP contribution < -0.4 is 0 Å². The lowest BCUT2D eigenvalue weighted by Crippen LogP contribution is -2.15. The zero-order valence-electron chi connectivity index (χ0n) is 85.5. The van der Waals surface area contributed by atoms with Crippen molar-refractivity contribution in [3.05, 3.63) is 490 Å². The van der Waals surface area contributed by atoms with Crippen molar-refractivity contribution in [3.63, 3.8) is 0 Å². The van der Waals surface area contributed by atoms with Crippen LogP contribution >= 0.6 is 11.3 Å². The molecule has 0 bridgehead atoms. The molecular formula is C139H85N5O4S. The number of furan rings is 4. The second kappa shape index (κ2) is 31.9. The minimum absolute atomic E-state index is 0.0414. The number of nitrogens with zero attached hydrogens (tertiary/aromatic N) is 5. The van der Waals surface area contributed by atoms with Crippen LogP contribution in [0.5, 0.6) is 0 Å². The molecule has 0 saturated carbocycles. The Hall–Kier alpha value is -19.3. The summed E-state index contributed by atoms with van der Waals surface area (Å²) in [6, 6.07) is 158. The van der Waals surface area contributed by atoms with E-state index in [2.05, 4.69) is 402 Å². The molecule has 1 aliphatic rings. The van der Waals surface area contributed by atoms with Crippen LogP contribution in [0.25, 0.3) is 300 Å². The lowest BCUT2D eigenvalue weighted by Gasteiger charge is -2.22. The van der Waals surface area contributed by atoms with Crippen molar-refractivity contribution >= 4 is 271 Å². The van der Waals surface area contributed by atoms with Gasteiger partial charge < -0.3 is 40.5 Å². The Kier molecular flexibility index (Phi) is 16.7. The lowest BCUT2D eigenvalue weighted by molar-refractivity contribution is 0.660. The molecule has 24 aromatic carbocycles. The fraction of sp³-hybridized carbons (Fsp3) is 0.0216. The van der Waals surface area contributed by atoms with Crippen molar-refractivity contribution in [1.82, 2.24) is 22.8 Å². The molecule has 0 fully saturated rings. The highest BCUT2D eigenvalue weighted by atomic mass is 32.1. The first kappa shape index (κ1) is 78.3. The molecule has 149 heavy (non-hydrogen) atoms.